The zero-order chi connectivity index (χ0) is 16.3. The Morgan fingerprint density at radius 1 is 1.22 bits per heavy atom. The second-order valence-corrected chi connectivity index (χ2v) is 8.24. The molecule has 23 heavy (non-hydrogen) atoms. The van der Waals surface area contributed by atoms with Crippen LogP contribution in [0.15, 0.2) is 24.3 Å². The summed E-state index contributed by atoms with van der Waals surface area (Å²) in [7, 11) is -3.55. The average Bonchev–Trinajstić information content (AvgIpc) is 2.99. The third-order valence-electron chi connectivity index (χ3n) is 4.66. The van der Waals surface area contributed by atoms with E-state index in [-0.39, 0.29) is 24.2 Å². The van der Waals surface area contributed by atoms with Crippen LogP contribution in [0.4, 0.5) is 0 Å². The van der Waals surface area contributed by atoms with Crippen LogP contribution in [0.3, 0.4) is 0 Å². The summed E-state index contributed by atoms with van der Waals surface area (Å²) in [6, 6.07) is 7.85. The van der Waals surface area contributed by atoms with Crippen molar-refractivity contribution in [3.63, 3.8) is 0 Å². The Kier molecular flexibility index (Phi) is 5.02. The summed E-state index contributed by atoms with van der Waals surface area (Å²) in [6.45, 7) is 0.559. The van der Waals surface area contributed by atoms with Gasteiger partial charge in [0.2, 0.25) is 15.9 Å². The van der Waals surface area contributed by atoms with Crippen molar-refractivity contribution in [1.29, 1.82) is 0 Å². The van der Waals surface area contributed by atoms with E-state index in [1.165, 1.54) is 5.56 Å². The summed E-state index contributed by atoms with van der Waals surface area (Å²) in [5.41, 5.74) is 2.16. The SMILES string of the molecule is O=C(C[C@@H]1OCCc2ccccc21)NS(=O)(=O)CC1CCCC1. The molecule has 1 N–H and O–H groups in total. The van der Waals surface area contributed by atoms with Crippen LogP contribution in [0.25, 0.3) is 0 Å². The van der Waals surface area contributed by atoms with Gasteiger partial charge in [0.05, 0.1) is 24.9 Å². The first kappa shape index (κ1) is 16.5. The first-order valence-corrected chi connectivity index (χ1v) is 9.91. The normalized spacial score (nSPS) is 21.8. The summed E-state index contributed by atoms with van der Waals surface area (Å²) >= 11 is 0. The van der Waals surface area contributed by atoms with Gasteiger partial charge < -0.3 is 4.74 Å². The predicted octanol–water partition coefficient (Wildman–Crippen LogP) is 2.33. The van der Waals surface area contributed by atoms with Crippen LogP contribution >= 0.6 is 0 Å². The monoisotopic (exact) mass is 337 g/mol. The van der Waals surface area contributed by atoms with E-state index in [1.54, 1.807) is 0 Å². The van der Waals surface area contributed by atoms with Crippen molar-refractivity contribution in [3.05, 3.63) is 35.4 Å². The zero-order valence-corrected chi connectivity index (χ0v) is 14.0. The molecule has 126 valence electrons. The Morgan fingerprint density at radius 3 is 2.74 bits per heavy atom. The maximum atomic E-state index is 12.1. The highest BCUT2D eigenvalue weighted by molar-refractivity contribution is 7.90. The van der Waals surface area contributed by atoms with Gasteiger partial charge in [-0.2, -0.15) is 0 Å². The molecule has 1 aliphatic heterocycles. The van der Waals surface area contributed by atoms with Gasteiger partial charge in [0, 0.05) is 0 Å². The van der Waals surface area contributed by atoms with Crippen LogP contribution < -0.4 is 4.72 Å². The topological polar surface area (TPSA) is 72.5 Å². The first-order chi connectivity index (χ1) is 11.0. The number of fused-ring (bicyclic) bond motifs is 1. The number of amides is 1. The van der Waals surface area contributed by atoms with E-state index in [0.29, 0.717) is 6.61 Å². The molecule has 0 unspecified atom stereocenters. The van der Waals surface area contributed by atoms with Crippen molar-refractivity contribution in [2.75, 3.05) is 12.4 Å². The average molecular weight is 337 g/mol. The minimum Gasteiger partial charge on any atom is -0.373 e. The largest absolute Gasteiger partial charge is 0.373 e. The van der Waals surface area contributed by atoms with E-state index in [2.05, 4.69) is 4.72 Å². The highest BCUT2D eigenvalue weighted by Crippen LogP contribution is 2.29. The third-order valence-corrected chi connectivity index (χ3v) is 6.11. The molecular weight excluding hydrogens is 314 g/mol. The molecular formula is C17H23NO4S. The molecule has 1 aromatic rings. The highest BCUT2D eigenvalue weighted by atomic mass is 32.2. The van der Waals surface area contributed by atoms with E-state index < -0.39 is 15.9 Å². The molecule has 0 aromatic heterocycles. The molecule has 0 saturated heterocycles. The second kappa shape index (κ2) is 7.01. The molecule has 1 heterocycles. The zero-order valence-electron chi connectivity index (χ0n) is 13.2. The smallest absolute Gasteiger partial charge is 0.236 e. The molecule has 6 heteroatoms. The quantitative estimate of drug-likeness (QED) is 0.895. The summed E-state index contributed by atoms with van der Waals surface area (Å²) in [6.07, 6.45) is 4.56. The maximum absolute atomic E-state index is 12.1. The first-order valence-electron chi connectivity index (χ1n) is 8.26. The summed E-state index contributed by atoms with van der Waals surface area (Å²) < 4.78 is 32.1. The van der Waals surface area contributed by atoms with Gasteiger partial charge in [-0.1, -0.05) is 37.1 Å². The summed E-state index contributed by atoms with van der Waals surface area (Å²) in [5, 5.41) is 0. The highest BCUT2D eigenvalue weighted by Gasteiger charge is 2.27. The number of rotatable bonds is 5. The summed E-state index contributed by atoms with van der Waals surface area (Å²) in [4.78, 5) is 12.1. The third kappa shape index (κ3) is 4.32. The number of nitrogens with one attached hydrogen (secondary N) is 1. The predicted molar refractivity (Wildman–Crippen MR) is 87.3 cm³/mol. The van der Waals surface area contributed by atoms with Crippen molar-refractivity contribution in [1.82, 2.24) is 4.72 Å². The molecule has 1 saturated carbocycles. The molecule has 2 aliphatic rings. The van der Waals surface area contributed by atoms with Gasteiger partial charge in [0.1, 0.15) is 0 Å². The Hall–Kier alpha value is -1.40. The van der Waals surface area contributed by atoms with Crippen LogP contribution in [0, 0.1) is 5.92 Å². The lowest BCUT2D eigenvalue weighted by atomic mass is 9.96. The van der Waals surface area contributed by atoms with Gasteiger partial charge in [-0.15, -0.1) is 0 Å². The van der Waals surface area contributed by atoms with Crippen molar-refractivity contribution in [3.8, 4) is 0 Å². The fourth-order valence-electron chi connectivity index (χ4n) is 3.56. The molecule has 5 nitrogen and oxygen atoms in total. The van der Waals surface area contributed by atoms with Crippen molar-refractivity contribution < 1.29 is 17.9 Å². The van der Waals surface area contributed by atoms with E-state index in [0.717, 1.165) is 37.7 Å². The molecule has 1 aliphatic carbocycles. The van der Waals surface area contributed by atoms with E-state index in [1.807, 2.05) is 24.3 Å². The number of sulfonamides is 1. The van der Waals surface area contributed by atoms with E-state index in [4.69, 9.17) is 4.74 Å². The van der Waals surface area contributed by atoms with Gasteiger partial charge in [-0.3, -0.25) is 9.52 Å². The Balaban J connectivity index is 1.59. The number of carbonyl (C=O) groups excluding carboxylic acids is 1. The van der Waals surface area contributed by atoms with Crippen LogP contribution in [0.5, 0.6) is 0 Å². The number of carbonyl (C=O) groups is 1. The minimum absolute atomic E-state index is 0.0426. The lowest BCUT2D eigenvalue weighted by molar-refractivity contribution is -0.122. The molecule has 1 atom stereocenters. The minimum atomic E-state index is -3.55. The summed E-state index contributed by atoms with van der Waals surface area (Å²) in [5.74, 6) is -0.238. The molecule has 0 spiro atoms. The number of hydrogen-bond acceptors (Lipinski definition) is 4. The molecule has 0 bridgehead atoms. The van der Waals surface area contributed by atoms with E-state index >= 15 is 0 Å². The molecule has 3 rings (SSSR count). The second-order valence-electron chi connectivity index (χ2n) is 6.47. The molecule has 1 fully saturated rings. The standard InChI is InChI=1S/C17H23NO4S/c19-17(18-23(20,21)12-13-5-1-2-6-13)11-16-15-8-4-3-7-14(15)9-10-22-16/h3-4,7-8,13,16H,1-2,5-6,9-12H2,(H,18,19)/t16-/m0/s1. The Bertz CT molecular complexity index is 665. The van der Waals surface area contributed by atoms with Crippen LogP contribution in [0.1, 0.15) is 49.3 Å². The van der Waals surface area contributed by atoms with Gasteiger partial charge in [0.15, 0.2) is 0 Å². The molecule has 0 radical (unpaired) electrons. The number of benzene rings is 1. The number of hydrogen-bond donors (Lipinski definition) is 1. The van der Waals surface area contributed by atoms with Gasteiger partial charge in [0.25, 0.3) is 0 Å². The Labute approximate surface area is 137 Å². The fraction of sp³-hybridized carbons (Fsp3) is 0.588. The van der Waals surface area contributed by atoms with Crippen LogP contribution in [-0.2, 0) is 26.0 Å². The van der Waals surface area contributed by atoms with Gasteiger partial charge in [-0.25, -0.2) is 8.42 Å². The van der Waals surface area contributed by atoms with Gasteiger partial charge in [-0.05, 0) is 36.3 Å². The maximum Gasteiger partial charge on any atom is 0.236 e. The lowest BCUT2D eigenvalue weighted by Crippen LogP contribution is -2.35. The Morgan fingerprint density at radius 2 is 1.96 bits per heavy atom. The van der Waals surface area contributed by atoms with Crippen LogP contribution in [0.2, 0.25) is 0 Å². The van der Waals surface area contributed by atoms with Gasteiger partial charge >= 0.3 is 0 Å². The molecule has 1 aromatic carbocycles. The van der Waals surface area contributed by atoms with Crippen molar-refractivity contribution in [2.45, 2.75) is 44.6 Å². The molecule has 1 amide bonds. The number of ether oxygens (including phenoxy) is 1. The lowest BCUT2D eigenvalue weighted by Gasteiger charge is -2.25. The van der Waals surface area contributed by atoms with Crippen molar-refractivity contribution >= 4 is 15.9 Å². The van der Waals surface area contributed by atoms with Crippen molar-refractivity contribution in [2.24, 2.45) is 5.92 Å². The van der Waals surface area contributed by atoms with E-state index in [9.17, 15) is 13.2 Å². The fourth-order valence-corrected chi connectivity index (χ4v) is 5.03. The van der Waals surface area contributed by atoms with Crippen LogP contribution in [-0.4, -0.2) is 26.7 Å².